The van der Waals surface area contributed by atoms with Crippen LogP contribution in [0.4, 0.5) is 0 Å². The number of aliphatic hydroxyl groups is 1. The number of hydrogen-bond acceptors (Lipinski definition) is 2. The molecule has 1 fully saturated rings. The Hall–Kier alpha value is -0.570. The van der Waals surface area contributed by atoms with Crippen LogP contribution < -0.4 is 0 Å². The molecule has 0 aromatic heterocycles. The van der Waals surface area contributed by atoms with Gasteiger partial charge in [0.15, 0.2) is 0 Å². The van der Waals surface area contributed by atoms with Gasteiger partial charge in [-0.15, -0.1) is 0 Å². The Kier molecular flexibility index (Phi) is 4.36. The zero-order chi connectivity index (χ0) is 12.3. The maximum atomic E-state index is 12.3. The highest BCUT2D eigenvalue weighted by Gasteiger charge is 2.38. The van der Waals surface area contributed by atoms with Crippen molar-refractivity contribution < 1.29 is 9.90 Å². The van der Waals surface area contributed by atoms with Gasteiger partial charge in [0.2, 0.25) is 5.91 Å². The maximum Gasteiger partial charge on any atom is 0.228 e. The van der Waals surface area contributed by atoms with Crippen LogP contribution in [0.15, 0.2) is 0 Å². The Labute approximate surface area is 98.8 Å². The number of rotatable bonds is 3. The normalized spacial score (nSPS) is 26.2. The average molecular weight is 227 g/mol. The Morgan fingerprint density at radius 3 is 2.50 bits per heavy atom. The molecular weight excluding hydrogens is 202 g/mol. The standard InChI is InChI=1S/C13H25NO2/c1-5-10-8-11(6-7-15)14(9-10)12(16)13(2,3)4/h10-11,15H,5-9H2,1-4H3/t10-,11+/m0/s1. The minimum Gasteiger partial charge on any atom is -0.396 e. The third-order valence-electron chi connectivity index (χ3n) is 3.44. The summed E-state index contributed by atoms with van der Waals surface area (Å²) in [6.45, 7) is 9.11. The summed E-state index contributed by atoms with van der Waals surface area (Å²) in [5.41, 5.74) is -0.309. The van der Waals surface area contributed by atoms with E-state index in [0.717, 1.165) is 25.8 Å². The van der Waals surface area contributed by atoms with Gasteiger partial charge in [0.1, 0.15) is 0 Å². The van der Waals surface area contributed by atoms with Crippen LogP contribution >= 0.6 is 0 Å². The summed E-state index contributed by atoms with van der Waals surface area (Å²) < 4.78 is 0. The molecule has 0 aliphatic carbocycles. The number of amides is 1. The fraction of sp³-hybridized carbons (Fsp3) is 0.923. The molecule has 0 saturated carbocycles. The van der Waals surface area contributed by atoms with Gasteiger partial charge in [-0.05, 0) is 18.8 Å². The lowest BCUT2D eigenvalue weighted by molar-refractivity contribution is -0.140. The van der Waals surface area contributed by atoms with Crippen molar-refractivity contribution in [3.8, 4) is 0 Å². The quantitative estimate of drug-likeness (QED) is 0.801. The van der Waals surface area contributed by atoms with E-state index in [1.165, 1.54) is 0 Å². The first-order valence-electron chi connectivity index (χ1n) is 6.32. The third kappa shape index (κ3) is 2.97. The van der Waals surface area contributed by atoms with Gasteiger partial charge in [-0.2, -0.15) is 0 Å². The van der Waals surface area contributed by atoms with Gasteiger partial charge in [-0.25, -0.2) is 0 Å². The zero-order valence-electron chi connectivity index (χ0n) is 11.0. The topological polar surface area (TPSA) is 40.5 Å². The van der Waals surface area contributed by atoms with Gasteiger partial charge in [0.25, 0.3) is 0 Å². The van der Waals surface area contributed by atoms with Gasteiger partial charge in [-0.3, -0.25) is 4.79 Å². The number of carbonyl (C=O) groups is 1. The molecular formula is C13H25NO2. The first-order valence-corrected chi connectivity index (χ1v) is 6.32. The molecule has 0 bridgehead atoms. The van der Waals surface area contributed by atoms with Crippen LogP contribution in [0.5, 0.6) is 0 Å². The number of likely N-dealkylation sites (tertiary alicyclic amines) is 1. The van der Waals surface area contributed by atoms with Crippen molar-refractivity contribution in [3.63, 3.8) is 0 Å². The van der Waals surface area contributed by atoms with E-state index in [-0.39, 0.29) is 24.0 Å². The summed E-state index contributed by atoms with van der Waals surface area (Å²) in [4.78, 5) is 14.2. The average Bonchev–Trinajstić information content (AvgIpc) is 2.59. The predicted octanol–water partition coefficient (Wildman–Crippen LogP) is 2.04. The molecule has 1 saturated heterocycles. The lowest BCUT2D eigenvalue weighted by atomic mass is 9.94. The molecule has 1 rings (SSSR count). The second-order valence-corrected chi connectivity index (χ2v) is 5.88. The predicted molar refractivity (Wildman–Crippen MR) is 65.1 cm³/mol. The van der Waals surface area contributed by atoms with E-state index in [9.17, 15) is 4.79 Å². The molecule has 1 aliphatic heterocycles. The van der Waals surface area contributed by atoms with Crippen LogP contribution in [0.2, 0.25) is 0 Å². The molecule has 0 aromatic carbocycles. The molecule has 1 aliphatic rings. The summed E-state index contributed by atoms with van der Waals surface area (Å²) in [5.74, 6) is 0.838. The summed E-state index contributed by atoms with van der Waals surface area (Å²) in [6.07, 6.45) is 2.90. The fourth-order valence-corrected chi connectivity index (χ4v) is 2.41. The molecule has 0 unspecified atom stereocenters. The molecule has 0 aromatic rings. The van der Waals surface area contributed by atoms with Crippen molar-refractivity contribution in [1.29, 1.82) is 0 Å². The second kappa shape index (κ2) is 5.17. The lowest BCUT2D eigenvalue weighted by Crippen LogP contribution is -2.42. The smallest absolute Gasteiger partial charge is 0.228 e. The SMILES string of the molecule is CC[C@H]1C[C@@H](CCO)N(C(=O)C(C)(C)C)C1. The third-order valence-corrected chi connectivity index (χ3v) is 3.44. The van der Waals surface area contributed by atoms with E-state index in [2.05, 4.69) is 6.92 Å². The summed E-state index contributed by atoms with van der Waals surface area (Å²) in [6, 6.07) is 0.252. The number of carbonyl (C=O) groups excluding carboxylic acids is 1. The van der Waals surface area contributed by atoms with Crippen LogP contribution in [0.3, 0.4) is 0 Å². The Balaban J connectivity index is 2.72. The van der Waals surface area contributed by atoms with E-state index >= 15 is 0 Å². The van der Waals surface area contributed by atoms with E-state index in [1.54, 1.807) is 0 Å². The maximum absolute atomic E-state index is 12.3. The largest absolute Gasteiger partial charge is 0.396 e. The highest BCUT2D eigenvalue weighted by Crippen LogP contribution is 2.31. The first kappa shape index (κ1) is 13.5. The molecule has 3 heteroatoms. The minimum atomic E-state index is -0.309. The first-order chi connectivity index (χ1) is 7.40. The minimum absolute atomic E-state index is 0.176. The lowest BCUT2D eigenvalue weighted by Gasteiger charge is -2.30. The molecule has 94 valence electrons. The number of nitrogens with zero attached hydrogens (tertiary/aromatic N) is 1. The summed E-state index contributed by atoms with van der Waals surface area (Å²) in [5, 5.41) is 9.05. The molecule has 1 N–H and O–H groups in total. The van der Waals surface area contributed by atoms with Crippen LogP contribution in [0.1, 0.15) is 47.0 Å². The zero-order valence-corrected chi connectivity index (χ0v) is 11.0. The van der Waals surface area contributed by atoms with Crippen LogP contribution in [-0.2, 0) is 4.79 Å². The van der Waals surface area contributed by atoms with Gasteiger partial charge in [0.05, 0.1) is 0 Å². The van der Waals surface area contributed by atoms with Crippen molar-refractivity contribution in [3.05, 3.63) is 0 Å². The molecule has 0 spiro atoms. The summed E-state index contributed by atoms with van der Waals surface area (Å²) in [7, 11) is 0. The Morgan fingerprint density at radius 2 is 2.06 bits per heavy atom. The molecule has 1 amide bonds. The highest BCUT2D eigenvalue weighted by atomic mass is 16.3. The van der Waals surface area contributed by atoms with Crippen molar-refractivity contribution in [2.45, 2.75) is 53.0 Å². The monoisotopic (exact) mass is 227 g/mol. The van der Waals surface area contributed by atoms with Crippen molar-refractivity contribution in [1.82, 2.24) is 4.90 Å². The Morgan fingerprint density at radius 1 is 1.44 bits per heavy atom. The highest BCUT2D eigenvalue weighted by molar-refractivity contribution is 5.82. The molecule has 2 atom stereocenters. The Bertz CT molecular complexity index is 245. The van der Waals surface area contributed by atoms with E-state index in [0.29, 0.717) is 5.92 Å². The van der Waals surface area contributed by atoms with E-state index < -0.39 is 0 Å². The number of hydrogen-bond donors (Lipinski definition) is 1. The van der Waals surface area contributed by atoms with Crippen LogP contribution in [0.25, 0.3) is 0 Å². The van der Waals surface area contributed by atoms with E-state index in [4.69, 9.17) is 5.11 Å². The molecule has 3 nitrogen and oxygen atoms in total. The molecule has 16 heavy (non-hydrogen) atoms. The van der Waals surface area contributed by atoms with Gasteiger partial charge in [-0.1, -0.05) is 34.1 Å². The van der Waals surface area contributed by atoms with Crippen molar-refractivity contribution in [2.75, 3.05) is 13.2 Å². The van der Waals surface area contributed by atoms with Crippen molar-refractivity contribution in [2.24, 2.45) is 11.3 Å². The fourth-order valence-electron chi connectivity index (χ4n) is 2.41. The van der Waals surface area contributed by atoms with Crippen molar-refractivity contribution >= 4 is 5.91 Å². The number of aliphatic hydroxyl groups excluding tert-OH is 1. The summed E-state index contributed by atoms with van der Waals surface area (Å²) >= 11 is 0. The molecule has 1 heterocycles. The second-order valence-electron chi connectivity index (χ2n) is 5.88. The van der Waals surface area contributed by atoms with Gasteiger partial charge < -0.3 is 10.0 Å². The van der Waals surface area contributed by atoms with Gasteiger partial charge >= 0.3 is 0 Å². The van der Waals surface area contributed by atoms with Gasteiger partial charge in [0, 0.05) is 24.6 Å². The van der Waals surface area contributed by atoms with Crippen LogP contribution in [-0.4, -0.2) is 35.1 Å². The van der Waals surface area contributed by atoms with E-state index in [1.807, 2.05) is 25.7 Å². The van der Waals surface area contributed by atoms with Crippen LogP contribution in [0, 0.1) is 11.3 Å². The molecule has 0 radical (unpaired) electrons.